The van der Waals surface area contributed by atoms with Gasteiger partial charge in [-0.05, 0) is 39.4 Å². The number of halogens is 3. The lowest BCUT2D eigenvalue weighted by molar-refractivity contribution is -0.236. The van der Waals surface area contributed by atoms with E-state index in [1.807, 2.05) is 12.1 Å². The highest BCUT2D eigenvalue weighted by atomic mass is 19.4. The van der Waals surface area contributed by atoms with E-state index in [-0.39, 0.29) is 5.56 Å². The molecule has 0 aliphatic carbocycles. The first-order valence-electron chi connectivity index (χ1n) is 9.50. The molecule has 3 nitrogen and oxygen atoms in total. The summed E-state index contributed by atoms with van der Waals surface area (Å²) < 4.78 is 47.8. The van der Waals surface area contributed by atoms with Gasteiger partial charge in [0, 0.05) is 6.42 Å². The maximum absolute atomic E-state index is 14.2. The lowest BCUT2D eigenvalue weighted by Crippen LogP contribution is -2.55. The molecule has 3 aromatic rings. The van der Waals surface area contributed by atoms with Crippen LogP contribution in [0.3, 0.4) is 0 Å². The van der Waals surface area contributed by atoms with Crippen molar-refractivity contribution in [2.75, 3.05) is 7.11 Å². The van der Waals surface area contributed by atoms with Crippen LogP contribution in [0.25, 0.3) is 10.8 Å². The number of alkyl halides is 3. The lowest BCUT2D eigenvalue weighted by Gasteiger charge is -2.38. The molecule has 3 rings (SSSR count). The molecule has 158 valence electrons. The summed E-state index contributed by atoms with van der Waals surface area (Å²) in [5.74, 6) is 0.435. The number of para-hydroxylation sites is 1. The Morgan fingerprint density at radius 1 is 0.933 bits per heavy atom. The summed E-state index contributed by atoms with van der Waals surface area (Å²) in [4.78, 5) is 0. The maximum Gasteiger partial charge on any atom is 0.423 e. The molecule has 0 aliphatic rings. The van der Waals surface area contributed by atoms with Crippen LogP contribution in [-0.2, 0) is 5.41 Å². The number of hydrogen-bond acceptors (Lipinski definition) is 3. The van der Waals surface area contributed by atoms with E-state index in [0.717, 1.165) is 5.39 Å². The summed E-state index contributed by atoms with van der Waals surface area (Å²) >= 11 is 0. The minimum atomic E-state index is -5.03. The number of methoxy groups -OCH3 is 1. The summed E-state index contributed by atoms with van der Waals surface area (Å²) in [5, 5.41) is 20.8. The predicted molar refractivity (Wildman–Crippen MR) is 112 cm³/mol. The van der Waals surface area contributed by atoms with Crippen LogP contribution in [0, 0.1) is 5.41 Å². The van der Waals surface area contributed by atoms with E-state index in [4.69, 9.17) is 10.1 Å². The van der Waals surface area contributed by atoms with E-state index in [0.29, 0.717) is 16.7 Å². The Bertz CT molecular complexity index is 1080. The minimum Gasteiger partial charge on any atom is -0.496 e. The summed E-state index contributed by atoms with van der Waals surface area (Å²) in [6, 6.07) is 18.6. The van der Waals surface area contributed by atoms with Gasteiger partial charge < -0.3 is 15.3 Å². The van der Waals surface area contributed by atoms with Crippen molar-refractivity contribution in [3.05, 3.63) is 77.9 Å². The third-order valence-electron chi connectivity index (χ3n) is 5.45. The number of benzene rings is 3. The molecule has 0 radical (unpaired) electrons. The van der Waals surface area contributed by atoms with Crippen LogP contribution < -0.4 is 4.74 Å². The molecule has 0 saturated heterocycles. The van der Waals surface area contributed by atoms with Gasteiger partial charge in [-0.15, -0.1) is 0 Å². The van der Waals surface area contributed by atoms with Crippen molar-refractivity contribution in [3.8, 4) is 5.75 Å². The maximum atomic E-state index is 14.2. The van der Waals surface area contributed by atoms with Crippen molar-refractivity contribution in [2.45, 2.75) is 37.5 Å². The second-order valence-electron chi connectivity index (χ2n) is 8.06. The molecule has 0 heterocycles. The van der Waals surface area contributed by atoms with Gasteiger partial charge in [-0.3, -0.25) is 0 Å². The molecule has 3 aromatic carbocycles. The van der Waals surface area contributed by atoms with Crippen LogP contribution in [-0.4, -0.2) is 29.7 Å². The zero-order chi connectivity index (χ0) is 22.2. The molecule has 30 heavy (non-hydrogen) atoms. The van der Waals surface area contributed by atoms with Crippen LogP contribution >= 0.6 is 0 Å². The van der Waals surface area contributed by atoms with Crippen molar-refractivity contribution in [1.82, 2.24) is 0 Å². The second-order valence-corrected chi connectivity index (χ2v) is 8.06. The van der Waals surface area contributed by atoms with E-state index in [1.54, 1.807) is 56.3 Å². The van der Waals surface area contributed by atoms with Gasteiger partial charge >= 0.3 is 6.18 Å². The van der Waals surface area contributed by atoms with Crippen molar-refractivity contribution < 1.29 is 23.0 Å². The third-order valence-corrected chi connectivity index (χ3v) is 5.45. The Kier molecular flexibility index (Phi) is 5.65. The second kappa shape index (κ2) is 7.76. The third kappa shape index (κ3) is 3.92. The first-order valence-corrected chi connectivity index (χ1v) is 9.50. The highest BCUT2D eigenvalue weighted by Gasteiger charge is 2.59. The molecule has 1 atom stereocenters. The number of hydrogen-bond donors (Lipinski definition) is 2. The SMILES string of the molecule is COc1ccccc1C(C)(C)CC(O)(C(=N)c1ccc2ccccc2c1)C(F)(F)F. The van der Waals surface area contributed by atoms with Crippen molar-refractivity contribution in [1.29, 1.82) is 5.41 Å². The summed E-state index contributed by atoms with van der Waals surface area (Å²) in [5.41, 5.74) is -4.77. The quantitative estimate of drug-likeness (QED) is 0.494. The fourth-order valence-corrected chi connectivity index (χ4v) is 3.85. The lowest BCUT2D eigenvalue weighted by atomic mass is 9.72. The van der Waals surface area contributed by atoms with Gasteiger partial charge in [-0.25, -0.2) is 0 Å². The number of rotatable bonds is 6. The van der Waals surface area contributed by atoms with Crippen LogP contribution in [0.5, 0.6) is 5.75 Å². The Labute approximate surface area is 173 Å². The van der Waals surface area contributed by atoms with Crippen molar-refractivity contribution >= 4 is 16.5 Å². The Morgan fingerprint density at radius 2 is 1.53 bits per heavy atom. The Morgan fingerprint density at radius 3 is 2.17 bits per heavy atom. The number of aliphatic hydroxyl groups is 1. The largest absolute Gasteiger partial charge is 0.496 e. The smallest absolute Gasteiger partial charge is 0.423 e. The standard InChI is InChI=1S/C24H24F3NO2/c1-22(2,19-10-6-7-11-20(19)30-3)15-23(29,24(25,26)27)21(28)18-13-12-16-8-4-5-9-17(16)14-18/h4-14,28-29H,15H2,1-3H3. The normalized spacial score (nSPS) is 14.4. The van der Waals surface area contributed by atoms with Crippen LogP contribution in [0.15, 0.2) is 66.7 Å². The van der Waals surface area contributed by atoms with Crippen molar-refractivity contribution in [2.24, 2.45) is 0 Å². The van der Waals surface area contributed by atoms with Crippen LogP contribution in [0.4, 0.5) is 13.2 Å². The van der Waals surface area contributed by atoms with Gasteiger partial charge in [0.25, 0.3) is 0 Å². The van der Waals surface area contributed by atoms with Gasteiger partial charge in [0.15, 0.2) is 0 Å². The van der Waals surface area contributed by atoms with E-state index < -0.39 is 29.3 Å². The molecule has 0 bridgehead atoms. The number of fused-ring (bicyclic) bond motifs is 1. The van der Waals surface area contributed by atoms with Gasteiger partial charge in [0.05, 0.1) is 12.8 Å². The molecule has 1 unspecified atom stereocenters. The molecule has 0 saturated carbocycles. The first kappa shape index (κ1) is 21.8. The average molecular weight is 415 g/mol. The van der Waals surface area contributed by atoms with Gasteiger partial charge in [0.1, 0.15) is 5.75 Å². The molecular weight excluding hydrogens is 391 g/mol. The summed E-state index contributed by atoms with van der Waals surface area (Å²) in [6.45, 7) is 3.21. The molecule has 6 heteroatoms. The van der Waals surface area contributed by atoms with Crippen LogP contribution in [0.1, 0.15) is 31.4 Å². The monoisotopic (exact) mass is 415 g/mol. The Balaban J connectivity index is 2.06. The number of nitrogens with one attached hydrogen (secondary N) is 1. The topological polar surface area (TPSA) is 53.3 Å². The molecule has 0 aliphatic heterocycles. The molecule has 0 fully saturated rings. The zero-order valence-electron chi connectivity index (χ0n) is 17.0. The molecule has 0 amide bonds. The van der Waals surface area contributed by atoms with E-state index in [9.17, 15) is 18.3 Å². The first-order chi connectivity index (χ1) is 14.0. The predicted octanol–water partition coefficient (Wildman–Crippen LogP) is 5.88. The van der Waals surface area contributed by atoms with E-state index in [2.05, 4.69) is 0 Å². The molecular formula is C24H24F3NO2. The van der Waals surface area contributed by atoms with Gasteiger partial charge in [-0.1, -0.05) is 68.4 Å². The van der Waals surface area contributed by atoms with E-state index in [1.165, 1.54) is 19.2 Å². The average Bonchev–Trinajstić information content (AvgIpc) is 2.71. The minimum absolute atomic E-state index is 0.0318. The van der Waals surface area contributed by atoms with E-state index >= 15 is 0 Å². The summed E-state index contributed by atoms with van der Waals surface area (Å²) in [7, 11) is 1.45. The zero-order valence-corrected chi connectivity index (χ0v) is 17.0. The summed E-state index contributed by atoms with van der Waals surface area (Å²) in [6.07, 6.45) is -5.76. The van der Waals surface area contributed by atoms with Crippen molar-refractivity contribution in [3.63, 3.8) is 0 Å². The molecule has 2 N–H and O–H groups in total. The number of ether oxygens (including phenoxy) is 1. The fourth-order valence-electron chi connectivity index (χ4n) is 3.85. The van der Waals surface area contributed by atoms with Gasteiger partial charge in [-0.2, -0.15) is 13.2 Å². The highest BCUT2D eigenvalue weighted by molar-refractivity contribution is 6.07. The van der Waals surface area contributed by atoms with Crippen LogP contribution in [0.2, 0.25) is 0 Å². The molecule has 0 spiro atoms. The van der Waals surface area contributed by atoms with Gasteiger partial charge in [0.2, 0.25) is 5.60 Å². The molecule has 0 aromatic heterocycles. The highest BCUT2D eigenvalue weighted by Crippen LogP contribution is 2.45. The Hall–Kier alpha value is -2.86. The fraction of sp³-hybridized carbons (Fsp3) is 0.292.